The fourth-order valence-corrected chi connectivity index (χ4v) is 3.04. The second-order valence-corrected chi connectivity index (χ2v) is 6.53. The Kier molecular flexibility index (Phi) is 7.29. The van der Waals surface area contributed by atoms with Crippen molar-refractivity contribution in [3.8, 4) is 22.8 Å². The number of ether oxygens (including phenoxy) is 2. The Balaban J connectivity index is 2.58. The minimum Gasteiger partial charge on any atom is -0.496 e. The molecule has 0 saturated heterocycles. The Morgan fingerprint density at radius 2 is 1.90 bits per heavy atom. The van der Waals surface area contributed by atoms with Crippen LogP contribution in [0.1, 0.15) is 44.7 Å². The van der Waals surface area contributed by atoms with Gasteiger partial charge in [0.2, 0.25) is 0 Å². The summed E-state index contributed by atoms with van der Waals surface area (Å²) in [6.45, 7) is 8.87. The van der Waals surface area contributed by atoms with Gasteiger partial charge in [0.05, 0.1) is 24.6 Å². The van der Waals surface area contributed by atoms with Gasteiger partial charge < -0.3 is 19.5 Å². The Morgan fingerprint density at radius 3 is 2.41 bits per heavy atom. The van der Waals surface area contributed by atoms with Crippen molar-refractivity contribution in [2.75, 3.05) is 25.1 Å². The lowest BCUT2D eigenvalue weighted by Gasteiger charge is -2.25. The van der Waals surface area contributed by atoms with E-state index in [0.29, 0.717) is 35.0 Å². The summed E-state index contributed by atoms with van der Waals surface area (Å²) in [5.74, 6) is 0.368. The first-order valence-electron chi connectivity index (χ1n) is 9.36. The molecule has 1 aromatic carbocycles. The van der Waals surface area contributed by atoms with Gasteiger partial charge in [0.15, 0.2) is 5.82 Å². The molecule has 0 amide bonds. The van der Waals surface area contributed by atoms with E-state index in [4.69, 9.17) is 4.74 Å². The molecule has 0 radical (unpaired) electrons. The van der Waals surface area contributed by atoms with Crippen molar-refractivity contribution in [3.05, 3.63) is 29.6 Å². The number of nitrogens with zero attached hydrogens (tertiary/aromatic N) is 3. The molecule has 1 aromatic heterocycles. The molecule has 2 rings (SSSR count). The second kappa shape index (κ2) is 9.30. The molecule has 1 unspecified atom stereocenters. The van der Waals surface area contributed by atoms with Gasteiger partial charge in [-0.05, 0) is 39.3 Å². The molecule has 0 aliphatic heterocycles. The molecule has 1 N–H and O–H groups in total. The van der Waals surface area contributed by atoms with Crippen molar-refractivity contribution in [2.24, 2.45) is 0 Å². The number of halogens is 3. The number of aromatic nitrogens is 2. The van der Waals surface area contributed by atoms with E-state index in [1.807, 2.05) is 11.8 Å². The highest BCUT2D eigenvalue weighted by atomic mass is 19.4. The van der Waals surface area contributed by atoms with Crippen molar-refractivity contribution in [1.82, 2.24) is 9.97 Å². The summed E-state index contributed by atoms with van der Waals surface area (Å²) in [4.78, 5) is 11.3. The molecule has 1 atom stereocenters. The van der Waals surface area contributed by atoms with E-state index in [-0.39, 0.29) is 5.75 Å². The van der Waals surface area contributed by atoms with E-state index in [2.05, 4.69) is 21.6 Å². The normalized spacial score (nSPS) is 12.6. The highest BCUT2D eigenvalue weighted by Crippen LogP contribution is 2.37. The maximum absolute atomic E-state index is 12.5. The largest absolute Gasteiger partial charge is 0.573 e. The average Bonchev–Trinajstić information content (AvgIpc) is 2.64. The van der Waals surface area contributed by atoms with Crippen molar-refractivity contribution in [3.63, 3.8) is 0 Å². The quantitative estimate of drug-likeness (QED) is 0.680. The predicted octanol–water partition coefficient (Wildman–Crippen LogP) is 4.65. The van der Waals surface area contributed by atoms with Gasteiger partial charge in [-0.3, -0.25) is 0 Å². The zero-order valence-corrected chi connectivity index (χ0v) is 17.2. The molecule has 2 aromatic rings. The average molecular weight is 413 g/mol. The van der Waals surface area contributed by atoms with Gasteiger partial charge >= 0.3 is 6.36 Å². The van der Waals surface area contributed by atoms with Crippen LogP contribution >= 0.6 is 0 Å². The van der Waals surface area contributed by atoms with Crippen molar-refractivity contribution < 1.29 is 27.8 Å². The third-order valence-corrected chi connectivity index (χ3v) is 4.31. The van der Waals surface area contributed by atoms with Crippen LogP contribution in [0, 0.1) is 6.92 Å². The fourth-order valence-electron chi connectivity index (χ4n) is 3.04. The van der Waals surface area contributed by atoms with Crippen LogP contribution in [-0.2, 0) is 0 Å². The van der Waals surface area contributed by atoms with Gasteiger partial charge in [0.1, 0.15) is 17.2 Å². The van der Waals surface area contributed by atoms with Crippen LogP contribution < -0.4 is 14.4 Å². The van der Waals surface area contributed by atoms with Crippen LogP contribution in [0.5, 0.6) is 11.5 Å². The summed E-state index contributed by atoms with van der Waals surface area (Å²) >= 11 is 0. The number of aliphatic hydroxyl groups is 1. The van der Waals surface area contributed by atoms with E-state index < -0.39 is 18.2 Å². The summed E-state index contributed by atoms with van der Waals surface area (Å²) in [5, 5.41) is 10.3. The molecule has 0 aliphatic carbocycles. The molecule has 160 valence electrons. The molecular weight excluding hydrogens is 387 g/mol. The molecule has 0 saturated carbocycles. The predicted molar refractivity (Wildman–Crippen MR) is 104 cm³/mol. The number of hydrogen-bond donors (Lipinski definition) is 1. The summed E-state index contributed by atoms with van der Waals surface area (Å²) in [7, 11) is 1.35. The molecule has 0 spiro atoms. The topological polar surface area (TPSA) is 67.7 Å². The number of aryl methyl sites for hydroxylation is 1. The number of benzene rings is 1. The number of anilines is 1. The van der Waals surface area contributed by atoms with E-state index in [1.54, 1.807) is 13.8 Å². The van der Waals surface area contributed by atoms with Crippen molar-refractivity contribution >= 4 is 5.82 Å². The number of aliphatic hydroxyl groups excluding tert-OH is 1. The Labute approximate surface area is 168 Å². The molecular formula is C20H26F3N3O3. The highest BCUT2D eigenvalue weighted by Gasteiger charge is 2.31. The van der Waals surface area contributed by atoms with Crippen LogP contribution in [0.25, 0.3) is 11.3 Å². The summed E-state index contributed by atoms with van der Waals surface area (Å²) in [5.41, 5.74) is 1.85. The Hall–Kier alpha value is -2.55. The molecule has 0 aliphatic rings. The molecule has 0 fully saturated rings. The number of rotatable bonds is 8. The first kappa shape index (κ1) is 22.7. The fraction of sp³-hybridized carbons (Fsp3) is 0.500. The standard InChI is InChI=1S/C20H26F3N3O3/c1-6-10-26(7-2)19-18(13(4)27)25-17(12(3)24-19)15-9-8-14(11-16(15)28-5)29-20(21,22)23/h8-9,11,13,27H,6-7,10H2,1-5H3. The van der Waals surface area contributed by atoms with Crippen molar-refractivity contribution in [2.45, 2.75) is 46.6 Å². The second-order valence-electron chi connectivity index (χ2n) is 6.53. The molecule has 0 bridgehead atoms. The van der Waals surface area contributed by atoms with Gasteiger partial charge in [0.25, 0.3) is 0 Å². The molecule has 1 heterocycles. The van der Waals surface area contributed by atoms with Crippen molar-refractivity contribution in [1.29, 1.82) is 0 Å². The summed E-state index contributed by atoms with van der Waals surface area (Å²) < 4.78 is 46.7. The lowest BCUT2D eigenvalue weighted by molar-refractivity contribution is -0.274. The van der Waals surface area contributed by atoms with Crippen LogP contribution in [0.2, 0.25) is 0 Å². The van der Waals surface area contributed by atoms with Gasteiger partial charge in [-0.1, -0.05) is 6.92 Å². The van der Waals surface area contributed by atoms with E-state index in [9.17, 15) is 18.3 Å². The SMILES string of the molecule is CCCN(CC)c1nc(C)c(-c2ccc(OC(F)(F)F)cc2OC)nc1C(C)O. The Bertz CT molecular complexity index is 842. The summed E-state index contributed by atoms with van der Waals surface area (Å²) in [6, 6.07) is 3.78. The van der Waals surface area contributed by atoms with Crippen LogP contribution in [0.15, 0.2) is 18.2 Å². The maximum Gasteiger partial charge on any atom is 0.573 e. The lowest BCUT2D eigenvalue weighted by atomic mass is 10.1. The van der Waals surface area contributed by atoms with E-state index >= 15 is 0 Å². The monoisotopic (exact) mass is 413 g/mol. The highest BCUT2D eigenvalue weighted by molar-refractivity contribution is 5.71. The van der Waals surface area contributed by atoms with Crippen LogP contribution in [0.3, 0.4) is 0 Å². The Morgan fingerprint density at radius 1 is 1.21 bits per heavy atom. The molecule has 6 nitrogen and oxygen atoms in total. The molecule has 9 heteroatoms. The van der Waals surface area contributed by atoms with E-state index in [1.165, 1.54) is 19.2 Å². The number of hydrogen-bond acceptors (Lipinski definition) is 6. The van der Waals surface area contributed by atoms with Gasteiger partial charge in [0, 0.05) is 24.7 Å². The van der Waals surface area contributed by atoms with Crippen LogP contribution in [-0.4, -0.2) is 41.6 Å². The van der Waals surface area contributed by atoms with Gasteiger partial charge in [-0.15, -0.1) is 13.2 Å². The van der Waals surface area contributed by atoms with Gasteiger partial charge in [-0.25, -0.2) is 9.97 Å². The smallest absolute Gasteiger partial charge is 0.496 e. The van der Waals surface area contributed by atoms with Crippen LogP contribution in [0.4, 0.5) is 19.0 Å². The minimum atomic E-state index is -4.80. The summed E-state index contributed by atoms with van der Waals surface area (Å²) in [6.07, 6.45) is -4.77. The zero-order valence-electron chi connectivity index (χ0n) is 17.2. The third-order valence-electron chi connectivity index (χ3n) is 4.31. The minimum absolute atomic E-state index is 0.161. The first-order valence-corrected chi connectivity index (χ1v) is 9.36. The van der Waals surface area contributed by atoms with Gasteiger partial charge in [-0.2, -0.15) is 0 Å². The third kappa shape index (κ3) is 5.50. The lowest BCUT2D eigenvalue weighted by Crippen LogP contribution is -2.27. The maximum atomic E-state index is 12.5. The van der Waals surface area contributed by atoms with E-state index in [0.717, 1.165) is 19.0 Å². The number of alkyl halides is 3. The zero-order chi connectivity index (χ0) is 21.8. The molecule has 29 heavy (non-hydrogen) atoms. The first-order chi connectivity index (χ1) is 13.6. The number of methoxy groups -OCH3 is 1.